The fourth-order valence-corrected chi connectivity index (χ4v) is 3.37. The highest BCUT2D eigenvalue weighted by molar-refractivity contribution is 6.06. The molecule has 1 aliphatic heterocycles. The van der Waals surface area contributed by atoms with Gasteiger partial charge in [-0.15, -0.1) is 0 Å². The number of ether oxygens (including phenoxy) is 1. The largest absolute Gasteiger partial charge is 0.496 e. The first-order valence-corrected chi connectivity index (χ1v) is 9.38. The highest BCUT2D eigenvalue weighted by Crippen LogP contribution is 2.30. The second kappa shape index (κ2) is 8.40. The highest BCUT2D eigenvalue weighted by Gasteiger charge is 2.22. The topological polar surface area (TPSA) is 105 Å². The van der Waals surface area contributed by atoms with Gasteiger partial charge in [0, 0.05) is 19.1 Å². The van der Waals surface area contributed by atoms with E-state index in [1.54, 1.807) is 25.3 Å². The molecule has 29 heavy (non-hydrogen) atoms. The molecule has 1 aliphatic rings. The summed E-state index contributed by atoms with van der Waals surface area (Å²) in [6.45, 7) is 5.41. The van der Waals surface area contributed by atoms with Gasteiger partial charge in [0.1, 0.15) is 17.3 Å². The van der Waals surface area contributed by atoms with Crippen molar-refractivity contribution in [3.05, 3.63) is 52.7 Å². The van der Waals surface area contributed by atoms with Gasteiger partial charge in [-0.1, -0.05) is 6.07 Å². The Bertz CT molecular complexity index is 956. The third kappa shape index (κ3) is 4.27. The van der Waals surface area contributed by atoms with Crippen molar-refractivity contribution >= 4 is 23.9 Å². The van der Waals surface area contributed by atoms with Crippen molar-refractivity contribution in [2.75, 3.05) is 19.5 Å². The predicted molar refractivity (Wildman–Crippen MR) is 113 cm³/mol. The lowest BCUT2D eigenvalue weighted by Gasteiger charge is -2.23. The maximum Gasteiger partial charge on any atom is 0.260 e. The number of carbonyl (C=O) groups excluding carboxylic acids is 1. The number of aromatic nitrogens is 1. The molecule has 3 rings (SSSR count). The highest BCUT2D eigenvalue weighted by atomic mass is 16.5. The Morgan fingerprint density at radius 3 is 2.62 bits per heavy atom. The molecular weight excluding hydrogens is 368 g/mol. The molecule has 0 radical (unpaired) electrons. The SMILES string of the molecule is COc1cc2c(cc1C(=O)Nc1cccc(C(=N)N(C=N)C(C)C)n1)CN(C)C2. The first-order valence-electron chi connectivity index (χ1n) is 9.38. The van der Waals surface area contributed by atoms with Crippen LogP contribution in [0.3, 0.4) is 0 Å². The van der Waals surface area contributed by atoms with Gasteiger partial charge in [0.05, 0.1) is 19.0 Å². The molecule has 3 N–H and O–H groups in total. The summed E-state index contributed by atoms with van der Waals surface area (Å²) in [5.74, 6) is 0.647. The molecule has 0 fully saturated rings. The smallest absolute Gasteiger partial charge is 0.260 e. The lowest BCUT2D eigenvalue weighted by molar-refractivity contribution is 0.102. The van der Waals surface area contributed by atoms with Crippen LogP contribution in [-0.4, -0.2) is 53.1 Å². The molecule has 1 amide bonds. The Morgan fingerprint density at radius 2 is 2.00 bits per heavy atom. The van der Waals surface area contributed by atoms with E-state index in [4.69, 9.17) is 15.6 Å². The average Bonchev–Trinajstić information content (AvgIpc) is 3.06. The minimum atomic E-state index is -0.317. The number of carbonyl (C=O) groups is 1. The number of amides is 1. The van der Waals surface area contributed by atoms with Gasteiger partial charge in [-0.05, 0) is 56.3 Å². The van der Waals surface area contributed by atoms with Gasteiger partial charge in [-0.2, -0.15) is 0 Å². The van der Waals surface area contributed by atoms with Crippen molar-refractivity contribution in [3.63, 3.8) is 0 Å². The van der Waals surface area contributed by atoms with E-state index in [0.717, 1.165) is 30.6 Å². The number of methoxy groups -OCH3 is 1. The Kier molecular flexibility index (Phi) is 5.93. The van der Waals surface area contributed by atoms with E-state index in [1.807, 2.05) is 33.0 Å². The van der Waals surface area contributed by atoms with Gasteiger partial charge >= 0.3 is 0 Å². The number of nitrogens with one attached hydrogen (secondary N) is 3. The van der Waals surface area contributed by atoms with E-state index in [-0.39, 0.29) is 17.8 Å². The summed E-state index contributed by atoms with van der Waals surface area (Å²) >= 11 is 0. The monoisotopic (exact) mass is 394 g/mol. The maximum absolute atomic E-state index is 12.9. The molecule has 8 heteroatoms. The molecule has 0 bridgehead atoms. The molecule has 0 atom stereocenters. The third-order valence-corrected chi connectivity index (χ3v) is 4.83. The van der Waals surface area contributed by atoms with Crippen molar-refractivity contribution in [2.45, 2.75) is 33.0 Å². The van der Waals surface area contributed by atoms with E-state index in [9.17, 15) is 4.79 Å². The number of benzene rings is 1. The summed E-state index contributed by atoms with van der Waals surface area (Å²) in [7, 11) is 3.58. The first-order chi connectivity index (χ1) is 13.8. The summed E-state index contributed by atoms with van der Waals surface area (Å²) < 4.78 is 5.43. The fourth-order valence-electron chi connectivity index (χ4n) is 3.37. The number of pyridine rings is 1. The molecule has 8 nitrogen and oxygen atoms in total. The zero-order valence-electron chi connectivity index (χ0n) is 17.1. The molecule has 0 unspecified atom stereocenters. The van der Waals surface area contributed by atoms with Crippen molar-refractivity contribution in [3.8, 4) is 5.75 Å². The van der Waals surface area contributed by atoms with Crippen molar-refractivity contribution in [1.82, 2.24) is 14.8 Å². The van der Waals surface area contributed by atoms with Crippen LogP contribution in [0.4, 0.5) is 5.82 Å². The van der Waals surface area contributed by atoms with Gasteiger partial charge in [-0.25, -0.2) is 4.98 Å². The second-order valence-electron chi connectivity index (χ2n) is 7.33. The summed E-state index contributed by atoms with van der Waals surface area (Å²) in [6, 6.07) is 8.82. The lowest BCUT2D eigenvalue weighted by atomic mass is 10.0. The van der Waals surface area contributed by atoms with Crippen LogP contribution in [0.15, 0.2) is 30.3 Å². The molecule has 0 saturated heterocycles. The first kappa shape index (κ1) is 20.5. The van der Waals surface area contributed by atoms with Crippen molar-refractivity contribution < 1.29 is 9.53 Å². The zero-order valence-corrected chi connectivity index (χ0v) is 17.1. The van der Waals surface area contributed by atoms with E-state index >= 15 is 0 Å². The summed E-state index contributed by atoms with van der Waals surface area (Å²) in [4.78, 5) is 21.0. The lowest BCUT2D eigenvalue weighted by Crippen LogP contribution is -2.36. The van der Waals surface area contributed by atoms with Crippen LogP contribution >= 0.6 is 0 Å². The number of hydrogen-bond donors (Lipinski definition) is 3. The van der Waals surface area contributed by atoms with E-state index in [2.05, 4.69) is 15.2 Å². The summed E-state index contributed by atoms with van der Waals surface area (Å²) in [5.41, 5.74) is 3.10. The fraction of sp³-hybridized carbons (Fsp3) is 0.333. The summed E-state index contributed by atoms with van der Waals surface area (Å²) in [5, 5.41) is 18.6. The van der Waals surface area contributed by atoms with Gasteiger partial charge in [0.15, 0.2) is 5.84 Å². The standard InChI is InChI=1S/C21H26N6O2/c1-13(2)27(12-22)20(23)17-6-5-7-19(24-17)25-21(28)16-8-14-10-26(3)11-15(14)9-18(16)29-4/h5-9,12-13,22-23H,10-11H2,1-4H3,(H,24,25,28). The van der Waals surface area contributed by atoms with Crippen LogP contribution in [-0.2, 0) is 13.1 Å². The van der Waals surface area contributed by atoms with Crippen molar-refractivity contribution in [2.24, 2.45) is 0 Å². The molecule has 0 aliphatic carbocycles. The molecular formula is C21H26N6O2. The molecule has 0 spiro atoms. The second-order valence-corrected chi connectivity index (χ2v) is 7.33. The van der Waals surface area contributed by atoms with Crippen LogP contribution in [0.2, 0.25) is 0 Å². The number of nitrogens with zero attached hydrogens (tertiary/aromatic N) is 3. The maximum atomic E-state index is 12.9. The molecule has 1 aromatic heterocycles. The van der Waals surface area contributed by atoms with Gasteiger partial charge in [0.25, 0.3) is 5.91 Å². The zero-order chi connectivity index (χ0) is 21.1. The Balaban J connectivity index is 1.84. The van der Waals surface area contributed by atoms with Crippen LogP contribution in [0.5, 0.6) is 5.75 Å². The molecule has 2 heterocycles. The quantitative estimate of drug-likeness (QED) is 0.516. The van der Waals surface area contributed by atoms with Crippen molar-refractivity contribution in [1.29, 1.82) is 10.8 Å². The Morgan fingerprint density at radius 1 is 1.31 bits per heavy atom. The average molecular weight is 394 g/mol. The summed E-state index contributed by atoms with van der Waals surface area (Å²) in [6.07, 6.45) is 1.10. The minimum absolute atomic E-state index is 0.0474. The number of hydrogen-bond acceptors (Lipinski definition) is 6. The normalized spacial score (nSPS) is 13.1. The number of rotatable bonds is 6. The van der Waals surface area contributed by atoms with Crippen LogP contribution in [0, 0.1) is 10.8 Å². The van der Waals surface area contributed by atoms with Crippen LogP contribution in [0.1, 0.15) is 41.0 Å². The van der Waals surface area contributed by atoms with Gasteiger partial charge in [-0.3, -0.25) is 20.5 Å². The van der Waals surface area contributed by atoms with E-state index in [0.29, 0.717) is 22.8 Å². The van der Waals surface area contributed by atoms with Crippen LogP contribution < -0.4 is 10.1 Å². The number of fused-ring (bicyclic) bond motifs is 1. The predicted octanol–water partition coefficient (Wildman–Crippen LogP) is 2.93. The van der Waals surface area contributed by atoms with Crippen LogP contribution in [0.25, 0.3) is 0 Å². The Hall–Kier alpha value is -3.26. The minimum Gasteiger partial charge on any atom is -0.496 e. The van der Waals surface area contributed by atoms with Gasteiger partial charge < -0.3 is 15.0 Å². The van der Waals surface area contributed by atoms with E-state index < -0.39 is 0 Å². The third-order valence-electron chi connectivity index (χ3n) is 4.83. The van der Waals surface area contributed by atoms with E-state index in [1.165, 1.54) is 4.90 Å². The molecule has 0 saturated carbocycles. The molecule has 2 aromatic rings. The molecule has 152 valence electrons. The molecule has 1 aromatic carbocycles. The number of anilines is 1. The number of amidine groups is 1. The van der Waals surface area contributed by atoms with Gasteiger partial charge in [0.2, 0.25) is 0 Å². The Labute approximate surface area is 170 Å².